The van der Waals surface area contributed by atoms with Crippen molar-refractivity contribution >= 4 is 18.0 Å². The quantitative estimate of drug-likeness (QED) is 0.367. The third-order valence-corrected chi connectivity index (χ3v) is 4.40. The van der Waals surface area contributed by atoms with E-state index in [9.17, 15) is 30.0 Å². The number of hydrogen-bond acceptors (Lipinski definition) is 7. The second-order valence-electron chi connectivity index (χ2n) is 6.36. The molecule has 0 bridgehead atoms. The molecule has 0 heterocycles. The fraction of sp³-hybridized carbons (Fsp3) is 0.444. The summed E-state index contributed by atoms with van der Waals surface area (Å²) in [6.45, 7) is 1.88. The van der Waals surface area contributed by atoms with Crippen LogP contribution < -0.4 is 0 Å². The van der Waals surface area contributed by atoms with Crippen LogP contribution in [0.4, 0.5) is 0 Å². The van der Waals surface area contributed by atoms with Gasteiger partial charge in [-0.2, -0.15) is 0 Å². The number of aliphatic carboxylic acids is 1. The molecule has 142 valence electrons. The van der Waals surface area contributed by atoms with Gasteiger partial charge in [0, 0.05) is 18.9 Å². The van der Waals surface area contributed by atoms with Gasteiger partial charge in [0.15, 0.2) is 11.7 Å². The summed E-state index contributed by atoms with van der Waals surface area (Å²) in [6.07, 6.45) is -2.31. The number of aliphatic hydroxyl groups is 3. The molecule has 1 aromatic rings. The Kier molecular flexibility index (Phi) is 6.01. The van der Waals surface area contributed by atoms with E-state index in [0.717, 1.165) is 6.08 Å². The molecule has 2 unspecified atom stereocenters. The van der Waals surface area contributed by atoms with Crippen molar-refractivity contribution in [1.29, 1.82) is 0 Å². The highest BCUT2D eigenvalue weighted by Crippen LogP contribution is 2.31. The number of esters is 1. The van der Waals surface area contributed by atoms with E-state index < -0.39 is 48.7 Å². The number of aromatic hydroxyl groups is 1. The topological polar surface area (TPSA) is 145 Å². The van der Waals surface area contributed by atoms with Crippen molar-refractivity contribution in [1.82, 2.24) is 0 Å². The molecule has 8 heteroatoms. The van der Waals surface area contributed by atoms with Gasteiger partial charge in [-0.15, -0.1) is 0 Å². The molecule has 0 spiro atoms. The Bertz CT molecular complexity index is 699. The Hall–Kier alpha value is -2.42. The molecule has 1 aromatic carbocycles. The second kappa shape index (κ2) is 7.86. The monoisotopic (exact) mass is 366 g/mol. The lowest BCUT2D eigenvalue weighted by atomic mass is 9.79. The number of carboxylic acids is 1. The van der Waals surface area contributed by atoms with E-state index in [1.165, 1.54) is 12.1 Å². The normalized spacial score (nSPS) is 28.8. The first-order chi connectivity index (χ1) is 12.2. The molecule has 8 nitrogen and oxygen atoms in total. The van der Waals surface area contributed by atoms with E-state index in [2.05, 4.69) is 0 Å². The summed E-state index contributed by atoms with van der Waals surface area (Å²) in [7, 11) is 0. The minimum absolute atomic E-state index is 0.159. The van der Waals surface area contributed by atoms with Crippen molar-refractivity contribution in [3.63, 3.8) is 0 Å². The lowest BCUT2D eigenvalue weighted by Gasteiger charge is -2.39. The number of rotatable bonds is 5. The van der Waals surface area contributed by atoms with Crippen LogP contribution in [0, 0.1) is 0 Å². The van der Waals surface area contributed by atoms with Crippen molar-refractivity contribution in [2.24, 2.45) is 0 Å². The van der Waals surface area contributed by atoms with Crippen LogP contribution in [0.5, 0.6) is 5.75 Å². The van der Waals surface area contributed by atoms with Gasteiger partial charge in [0.1, 0.15) is 5.75 Å². The Morgan fingerprint density at radius 2 is 1.88 bits per heavy atom. The summed E-state index contributed by atoms with van der Waals surface area (Å²) in [5, 5.41) is 48.4. The van der Waals surface area contributed by atoms with Gasteiger partial charge in [-0.1, -0.05) is 13.0 Å². The Morgan fingerprint density at radius 1 is 1.27 bits per heavy atom. The largest absolute Gasteiger partial charge is 0.508 e. The van der Waals surface area contributed by atoms with Crippen molar-refractivity contribution < 1.29 is 39.9 Å². The predicted molar refractivity (Wildman–Crippen MR) is 90.2 cm³/mol. The molecule has 26 heavy (non-hydrogen) atoms. The summed E-state index contributed by atoms with van der Waals surface area (Å²) < 4.78 is 5.01. The molecule has 0 saturated heterocycles. The SMILES string of the molecule is CCc1cc(C=CC(=O)OC2C(O)CC(O)(C(=O)O)CC2O)ccc1O. The maximum Gasteiger partial charge on any atom is 0.335 e. The first-order valence-electron chi connectivity index (χ1n) is 8.18. The number of ether oxygens (including phenoxy) is 1. The van der Waals surface area contributed by atoms with Crippen LogP contribution in [0.3, 0.4) is 0 Å². The molecule has 0 aromatic heterocycles. The third kappa shape index (κ3) is 4.40. The van der Waals surface area contributed by atoms with Gasteiger partial charge in [0.2, 0.25) is 0 Å². The van der Waals surface area contributed by atoms with Crippen molar-refractivity contribution in [3.8, 4) is 5.75 Å². The van der Waals surface area contributed by atoms with Crippen LogP contribution in [-0.2, 0) is 20.7 Å². The number of phenolic OH excluding ortho intramolecular Hbond substituents is 1. The first kappa shape index (κ1) is 19.9. The standard InChI is InChI=1S/C18H22O8/c1-2-11-7-10(3-5-12(11)19)4-6-15(22)26-16-13(20)8-18(25,17(23)24)9-14(16)21/h3-7,13-14,16,19-21,25H,2,8-9H2,1H3,(H,23,24). The summed E-state index contributed by atoms with van der Waals surface area (Å²) in [4.78, 5) is 23.0. The summed E-state index contributed by atoms with van der Waals surface area (Å²) in [6, 6.07) is 4.82. The molecule has 1 saturated carbocycles. The molecule has 1 fully saturated rings. The molecule has 0 aliphatic heterocycles. The zero-order valence-electron chi connectivity index (χ0n) is 14.2. The fourth-order valence-electron chi connectivity index (χ4n) is 2.93. The van der Waals surface area contributed by atoms with Gasteiger partial charge in [-0.05, 0) is 35.8 Å². The van der Waals surface area contributed by atoms with Crippen molar-refractivity contribution in [3.05, 3.63) is 35.4 Å². The molecule has 0 amide bonds. The molecular weight excluding hydrogens is 344 g/mol. The average Bonchev–Trinajstić information content (AvgIpc) is 2.57. The first-order valence-corrected chi connectivity index (χ1v) is 8.18. The maximum atomic E-state index is 11.9. The Morgan fingerprint density at radius 3 is 2.42 bits per heavy atom. The highest BCUT2D eigenvalue weighted by molar-refractivity contribution is 5.87. The smallest absolute Gasteiger partial charge is 0.335 e. The van der Waals surface area contributed by atoms with Crippen LogP contribution in [0.2, 0.25) is 0 Å². The second-order valence-corrected chi connectivity index (χ2v) is 6.36. The van der Waals surface area contributed by atoms with Crippen LogP contribution in [-0.4, -0.2) is 61.4 Å². The Labute approximate surface area is 150 Å². The summed E-state index contributed by atoms with van der Waals surface area (Å²) in [5.41, 5.74) is -0.895. The highest BCUT2D eigenvalue weighted by Gasteiger charge is 2.50. The van der Waals surface area contributed by atoms with E-state index >= 15 is 0 Å². The molecule has 0 radical (unpaired) electrons. The number of carbonyl (C=O) groups is 2. The number of phenols is 1. The summed E-state index contributed by atoms with van der Waals surface area (Å²) in [5.74, 6) is -2.23. The highest BCUT2D eigenvalue weighted by atomic mass is 16.6. The van der Waals surface area contributed by atoms with Crippen LogP contribution in [0.25, 0.3) is 6.08 Å². The third-order valence-electron chi connectivity index (χ3n) is 4.40. The van der Waals surface area contributed by atoms with Crippen molar-refractivity contribution in [2.45, 2.75) is 50.1 Å². The zero-order valence-corrected chi connectivity index (χ0v) is 14.2. The molecule has 5 N–H and O–H groups in total. The van der Waals surface area contributed by atoms with E-state index in [1.54, 1.807) is 12.1 Å². The van der Waals surface area contributed by atoms with E-state index in [1.807, 2.05) is 6.92 Å². The van der Waals surface area contributed by atoms with Crippen LogP contribution in [0.1, 0.15) is 30.9 Å². The van der Waals surface area contributed by atoms with Crippen molar-refractivity contribution in [2.75, 3.05) is 0 Å². The lowest BCUT2D eigenvalue weighted by Crippen LogP contribution is -2.57. The lowest BCUT2D eigenvalue weighted by molar-refractivity contribution is -0.196. The fourth-order valence-corrected chi connectivity index (χ4v) is 2.93. The average molecular weight is 366 g/mol. The number of benzene rings is 1. The van der Waals surface area contributed by atoms with E-state index in [4.69, 9.17) is 9.84 Å². The summed E-state index contributed by atoms with van der Waals surface area (Å²) >= 11 is 0. The number of carbonyl (C=O) groups excluding carboxylic acids is 1. The molecule has 2 rings (SSSR count). The number of aryl methyl sites for hydroxylation is 1. The molecule has 1 aliphatic rings. The van der Waals surface area contributed by atoms with Gasteiger partial charge < -0.3 is 30.3 Å². The minimum Gasteiger partial charge on any atom is -0.508 e. The van der Waals surface area contributed by atoms with Gasteiger partial charge in [0.05, 0.1) is 12.2 Å². The van der Waals surface area contributed by atoms with Gasteiger partial charge in [0.25, 0.3) is 0 Å². The maximum absolute atomic E-state index is 11.9. The molecular formula is C18H22O8. The van der Waals surface area contributed by atoms with Gasteiger partial charge in [-0.3, -0.25) is 0 Å². The molecule has 1 aliphatic carbocycles. The zero-order chi connectivity index (χ0) is 19.5. The Balaban J connectivity index is 2.02. The van der Waals surface area contributed by atoms with E-state index in [0.29, 0.717) is 17.5 Å². The van der Waals surface area contributed by atoms with Gasteiger partial charge in [-0.25, -0.2) is 9.59 Å². The van der Waals surface area contributed by atoms with E-state index in [-0.39, 0.29) is 5.75 Å². The predicted octanol–water partition coefficient (Wildman–Crippen LogP) is 0.211. The number of hydrogen-bond donors (Lipinski definition) is 5. The number of carboxylic acid groups (broad SMARTS) is 1. The minimum atomic E-state index is -2.26. The van der Waals surface area contributed by atoms with Crippen LogP contribution in [0.15, 0.2) is 24.3 Å². The number of aliphatic hydroxyl groups excluding tert-OH is 2. The molecule has 2 atom stereocenters. The van der Waals surface area contributed by atoms with Crippen LogP contribution >= 0.6 is 0 Å². The van der Waals surface area contributed by atoms with Gasteiger partial charge >= 0.3 is 11.9 Å².